The van der Waals surface area contributed by atoms with Crippen molar-refractivity contribution in [2.24, 2.45) is 0 Å². The van der Waals surface area contributed by atoms with Crippen LogP contribution >= 0.6 is 15.9 Å². The van der Waals surface area contributed by atoms with Gasteiger partial charge in [0.05, 0.1) is 4.47 Å². The minimum absolute atomic E-state index is 0.191. The number of hydrogen-bond donors (Lipinski definition) is 1. The maximum atomic E-state index is 13.3. The molecule has 1 aromatic carbocycles. The van der Waals surface area contributed by atoms with Gasteiger partial charge in [-0.3, -0.25) is 0 Å². The van der Waals surface area contributed by atoms with Gasteiger partial charge in [0.25, 0.3) is 0 Å². The second kappa shape index (κ2) is 3.83. The Labute approximate surface area is 91.1 Å². The zero-order chi connectivity index (χ0) is 10.1. The summed E-state index contributed by atoms with van der Waals surface area (Å²) in [4.78, 5) is 0. The van der Waals surface area contributed by atoms with Crippen molar-refractivity contribution in [1.82, 2.24) is 5.32 Å². The second-order valence-corrected chi connectivity index (χ2v) is 4.33. The van der Waals surface area contributed by atoms with E-state index in [-0.39, 0.29) is 5.82 Å². The van der Waals surface area contributed by atoms with Gasteiger partial charge in [0.2, 0.25) is 0 Å². The minimum Gasteiger partial charge on any atom is -0.309 e. The first kappa shape index (κ1) is 9.87. The van der Waals surface area contributed by atoms with E-state index in [2.05, 4.69) is 21.2 Å². The van der Waals surface area contributed by atoms with Crippen molar-refractivity contribution in [3.8, 4) is 0 Å². The van der Waals surface area contributed by atoms with Crippen molar-refractivity contribution < 1.29 is 4.39 Å². The number of benzene rings is 1. The van der Waals surface area contributed by atoms with Gasteiger partial charge in [-0.25, -0.2) is 4.39 Å². The molecule has 0 unspecified atom stereocenters. The molecule has 0 saturated carbocycles. The lowest BCUT2D eigenvalue weighted by Gasteiger charge is -2.18. The van der Waals surface area contributed by atoms with Crippen molar-refractivity contribution in [3.05, 3.63) is 39.1 Å². The van der Waals surface area contributed by atoms with Crippen LogP contribution < -0.4 is 5.32 Å². The summed E-state index contributed by atoms with van der Waals surface area (Å²) in [7, 11) is 0. The zero-order valence-electron chi connectivity index (χ0n) is 7.90. The Morgan fingerprint density at radius 1 is 1.43 bits per heavy atom. The fourth-order valence-corrected chi connectivity index (χ4v) is 1.67. The monoisotopic (exact) mass is 255 g/mol. The molecule has 0 aliphatic carbocycles. The smallest absolute Gasteiger partial charge is 0.138 e. The molecule has 74 valence electrons. The molecule has 14 heavy (non-hydrogen) atoms. The first-order valence-electron chi connectivity index (χ1n) is 4.52. The maximum absolute atomic E-state index is 13.3. The number of nitrogens with one attached hydrogen (secondary N) is 1. The largest absolute Gasteiger partial charge is 0.309 e. The van der Waals surface area contributed by atoms with Crippen molar-refractivity contribution in [2.75, 3.05) is 13.1 Å². The van der Waals surface area contributed by atoms with E-state index in [1.54, 1.807) is 6.07 Å². The molecule has 1 aliphatic heterocycles. The molecule has 0 bridgehead atoms. The Morgan fingerprint density at radius 2 is 2.14 bits per heavy atom. The Morgan fingerprint density at radius 3 is 2.64 bits per heavy atom. The fourth-order valence-electron chi connectivity index (χ4n) is 1.44. The molecule has 0 atom stereocenters. The van der Waals surface area contributed by atoms with Crippen LogP contribution in [0.3, 0.4) is 0 Å². The molecule has 1 aromatic rings. The van der Waals surface area contributed by atoms with Gasteiger partial charge in [-0.1, -0.05) is 12.1 Å². The molecular weight excluding hydrogens is 245 g/mol. The summed E-state index contributed by atoms with van der Waals surface area (Å²) < 4.78 is 13.9. The summed E-state index contributed by atoms with van der Waals surface area (Å²) >= 11 is 3.20. The molecule has 2 rings (SSSR count). The van der Waals surface area contributed by atoms with E-state index < -0.39 is 0 Å². The molecule has 0 amide bonds. The zero-order valence-corrected chi connectivity index (χ0v) is 9.49. The average molecular weight is 256 g/mol. The highest BCUT2D eigenvalue weighted by Crippen LogP contribution is 2.23. The minimum atomic E-state index is -0.191. The topological polar surface area (TPSA) is 12.0 Å². The summed E-state index contributed by atoms with van der Waals surface area (Å²) in [6.07, 6.45) is 2.04. The third-order valence-corrected chi connectivity index (χ3v) is 3.31. The van der Waals surface area contributed by atoms with E-state index in [1.165, 1.54) is 5.57 Å². The van der Waals surface area contributed by atoms with Gasteiger partial charge >= 0.3 is 0 Å². The van der Waals surface area contributed by atoms with Crippen LogP contribution in [0.2, 0.25) is 0 Å². The van der Waals surface area contributed by atoms with Crippen LogP contribution in [0.15, 0.2) is 22.2 Å². The standard InChI is InChI=1S/C11H11BrFN/c1-7-2-8(3-9-5-14-6-9)4-10(13)11(7)12/h2-4,14H,5-6H2,1H3. The lowest BCUT2D eigenvalue weighted by atomic mass is 10.0. The van der Waals surface area contributed by atoms with Crippen LogP contribution in [0.25, 0.3) is 6.08 Å². The SMILES string of the molecule is Cc1cc(C=C2CNC2)cc(F)c1Br. The molecule has 3 heteroatoms. The molecule has 1 fully saturated rings. The van der Waals surface area contributed by atoms with Crippen LogP contribution in [0.5, 0.6) is 0 Å². The fraction of sp³-hybridized carbons (Fsp3) is 0.273. The molecule has 1 nitrogen and oxygen atoms in total. The third-order valence-electron chi connectivity index (χ3n) is 2.31. The van der Waals surface area contributed by atoms with Crippen LogP contribution in [0.4, 0.5) is 4.39 Å². The van der Waals surface area contributed by atoms with E-state index in [9.17, 15) is 4.39 Å². The van der Waals surface area contributed by atoms with Gasteiger partial charge in [0, 0.05) is 13.1 Å². The van der Waals surface area contributed by atoms with Crippen LogP contribution in [0.1, 0.15) is 11.1 Å². The van der Waals surface area contributed by atoms with Crippen LogP contribution in [0, 0.1) is 12.7 Å². The highest BCUT2D eigenvalue weighted by Gasteiger charge is 2.08. The Kier molecular flexibility index (Phi) is 2.70. The van der Waals surface area contributed by atoms with Crippen molar-refractivity contribution >= 4 is 22.0 Å². The van der Waals surface area contributed by atoms with Crippen molar-refractivity contribution in [1.29, 1.82) is 0 Å². The Bertz CT molecular complexity index is 369. The Hall–Kier alpha value is -0.670. The summed E-state index contributed by atoms with van der Waals surface area (Å²) in [5.41, 5.74) is 3.20. The summed E-state index contributed by atoms with van der Waals surface area (Å²) in [6, 6.07) is 3.54. The van der Waals surface area contributed by atoms with E-state index >= 15 is 0 Å². The van der Waals surface area contributed by atoms with E-state index in [0.717, 1.165) is 24.2 Å². The number of aryl methyl sites for hydroxylation is 1. The molecule has 0 spiro atoms. The van der Waals surface area contributed by atoms with Gasteiger partial charge in [-0.15, -0.1) is 0 Å². The number of halogens is 2. The molecule has 1 N–H and O–H groups in total. The average Bonchev–Trinajstić information content (AvgIpc) is 2.07. The number of hydrogen-bond acceptors (Lipinski definition) is 1. The van der Waals surface area contributed by atoms with E-state index in [4.69, 9.17) is 0 Å². The summed E-state index contributed by atoms with van der Waals surface area (Å²) in [5, 5.41) is 3.15. The van der Waals surface area contributed by atoms with Gasteiger partial charge in [0.15, 0.2) is 0 Å². The highest BCUT2D eigenvalue weighted by atomic mass is 79.9. The van der Waals surface area contributed by atoms with Gasteiger partial charge < -0.3 is 5.32 Å². The molecule has 1 aliphatic rings. The molecule has 1 saturated heterocycles. The van der Waals surface area contributed by atoms with Crippen molar-refractivity contribution in [3.63, 3.8) is 0 Å². The maximum Gasteiger partial charge on any atom is 0.138 e. The van der Waals surface area contributed by atoms with Crippen molar-refractivity contribution in [2.45, 2.75) is 6.92 Å². The third kappa shape index (κ3) is 1.88. The molecule has 1 heterocycles. The quantitative estimate of drug-likeness (QED) is 0.814. The van der Waals surface area contributed by atoms with Crippen LogP contribution in [-0.2, 0) is 0 Å². The predicted molar refractivity (Wildman–Crippen MR) is 59.7 cm³/mol. The predicted octanol–water partition coefficient (Wildman–Crippen LogP) is 2.88. The van der Waals surface area contributed by atoms with E-state index in [0.29, 0.717) is 4.47 Å². The van der Waals surface area contributed by atoms with Crippen LogP contribution in [-0.4, -0.2) is 13.1 Å². The molecular formula is C11H11BrFN. The van der Waals surface area contributed by atoms with Gasteiger partial charge in [-0.05, 0) is 45.6 Å². The number of rotatable bonds is 1. The first-order valence-corrected chi connectivity index (χ1v) is 5.32. The molecule has 0 radical (unpaired) electrons. The van der Waals surface area contributed by atoms with Gasteiger partial charge in [-0.2, -0.15) is 0 Å². The second-order valence-electron chi connectivity index (χ2n) is 3.54. The normalized spacial score (nSPS) is 15.2. The lowest BCUT2D eigenvalue weighted by Crippen LogP contribution is -2.33. The summed E-state index contributed by atoms with van der Waals surface area (Å²) in [5.74, 6) is -0.191. The summed E-state index contributed by atoms with van der Waals surface area (Å²) in [6.45, 7) is 3.75. The molecule has 0 aromatic heterocycles. The highest BCUT2D eigenvalue weighted by molar-refractivity contribution is 9.10. The van der Waals surface area contributed by atoms with Gasteiger partial charge in [0.1, 0.15) is 5.82 Å². The van der Waals surface area contributed by atoms with E-state index in [1.807, 2.05) is 19.1 Å². The first-order chi connectivity index (χ1) is 6.66. The Balaban J connectivity index is 2.35. The lowest BCUT2D eigenvalue weighted by molar-refractivity contribution is 0.619.